The normalized spacial score (nSPS) is 11.5. The summed E-state index contributed by atoms with van der Waals surface area (Å²) in [5.74, 6) is 1.20. The zero-order chi connectivity index (χ0) is 11.0. The largest absolute Gasteiger partial charge is 0.315 e. The van der Waals surface area contributed by atoms with E-state index in [-0.39, 0.29) is 0 Å². The van der Waals surface area contributed by atoms with Crippen molar-refractivity contribution in [2.24, 2.45) is 0 Å². The zero-order valence-electron chi connectivity index (χ0n) is 9.65. The Hall–Kier alpha value is -1.45. The first kappa shape index (κ1) is 10.1. The minimum atomic E-state index is 0.384. The van der Waals surface area contributed by atoms with Gasteiger partial charge in [0, 0.05) is 6.54 Å². The molecule has 15 heavy (non-hydrogen) atoms. The van der Waals surface area contributed by atoms with Crippen molar-refractivity contribution < 1.29 is 0 Å². The van der Waals surface area contributed by atoms with Gasteiger partial charge in [0.25, 0.3) is 0 Å². The van der Waals surface area contributed by atoms with Gasteiger partial charge in [-0.15, -0.1) is 0 Å². The molecule has 0 unspecified atom stereocenters. The lowest BCUT2D eigenvalue weighted by Crippen LogP contribution is -2.01. The molecule has 0 bridgehead atoms. The van der Waals surface area contributed by atoms with E-state index in [9.17, 15) is 0 Å². The molecule has 2 rings (SSSR count). The molecular weight excluding hydrogens is 188 g/mol. The van der Waals surface area contributed by atoms with Crippen LogP contribution in [0, 0.1) is 6.92 Å². The predicted molar refractivity (Wildman–Crippen MR) is 59.8 cm³/mol. The van der Waals surface area contributed by atoms with E-state index in [1.165, 1.54) is 0 Å². The highest BCUT2D eigenvalue weighted by atomic mass is 15.1. The minimum Gasteiger partial charge on any atom is -0.315 e. The number of imidazole rings is 1. The van der Waals surface area contributed by atoms with Gasteiger partial charge < -0.3 is 4.57 Å². The Bertz CT molecular complexity index is 485. The summed E-state index contributed by atoms with van der Waals surface area (Å²) < 4.78 is 2.05. The standard InChI is InChI=1S/C11H16N4/c1-5-15-6-12-10-9(7(2)3)13-8(4)14-11(10)15/h6-7H,5H2,1-4H3. The number of fused-ring (bicyclic) bond motifs is 1. The molecule has 80 valence electrons. The minimum absolute atomic E-state index is 0.384. The molecule has 0 saturated heterocycles. The second kappa shape index (κ2) is 3.61. The Balaban J connectivity index is 2.76. The molecule has 0 amide bonds. The van der Waals surface area contributed by atoms with E-state index in [1.54, 1.807) is 0 Å². The van der Waals surface area contributed by atoms with E-state index in [0.717, 1.165) is 29.2 Å². The molecule has 2 heterocycles. The van der Waals surface area contributed by atoms with E-state index in [1.807, 2.05) is 13.3 Å². The summed E-state index contributed by atoms with van der Waals surface area (Å²) in [5, 5.41) is 0. The van der Waals surface area contributed by atoms with Gasteiger partial charge in [-0.1, -0.05) is 13.8 Å². The summed E-state index contributed by atoms with van der Waals surface area (Å²) in [7, 11) is 0. The van der Waals surface area contributed by atoms with Crippen LogP contribution < -0.4 is 0 Å². The fourth-order valence-corrected chi connectivity index (χ4v) is 1.71. The van der Waals surface area contributed by atoms with Crippen molar-refractivity contribution in [2.45, 2.75) is 40.2 Å². The molecule has 0 aliphatic heterocycles. The lowest BCUT2D eigenvalue weighted by Gasteiger charge is -2.06. The number of hydrogen-bond acceptors (Lipinski definition) is 3. The second-order valence-electron chi connectivity index (χ2n) is 4.01. The molecule has 2 aromatic rings. The third-order valence-corrected chi connectivity index (χ3v) is 2.49. The van der Waals surface area contributed by atoms with Gasteiger partial charge >= 0.3 is 0 Å². The van der Waals surface area contributed by atoms with Gasteiger partial charge in [-0.05, 0) is 19.8 Å². The van der Waals surface area contributed by atoms with Crippen LogP contribution in [0.25, 0.3) is 11.2 Å². The molecule has 0 N–H and O–H groups in total. The highest BCUT2D eigenvalue weighted by molar-refractivity contribution is 5.73. The average Bonchev–Trinajstić information content (AvgIpc) is 2.58. The maximum atomic E-state index is 4.46. The number of hydrogen-bond donors (Lipinski definition) is 0. The summed E-state index contributed by atoms with van der Waals surface area (Å²) in [6.07, 6.45) is 1.84. The summed E-state index contributed by atoms with van der Waals surface area (Å²) in [6.45, 7) is 9.18. The van der Waals surface area contributed by atoms with Crippen LogP contribution in [0.3, 0.4) is 0 Å². The quantitative estimate of drug-likeness (QED) is 0.753. The van der Waals surface area contributed by atoms with E-state index >= 15 is 0 Å². The van der Waals surface area contributed by atoms with Crippen molar-refractivity contribution in [1.82, 2.24) is 19.5 Å². The summed E-state index contributed by atoms with van der Waals surface area (Å²) >= 11 is 0. The molecular formula is C11H16N4. The zero-order valence-corrected chi connectivity index (χ0v) is 9.65. The molecule has 0 saturated carbocycles. The summed E-state index contributed by atoms with van der Waals surface area (Å²) in [6, 6.07) is 0. The summed E-state index contributed by atoms with van der Waals surface area (Å²) in [4.78, 5) is 13.3. The van der Waals surface area contributed by atoms with Crippen LogP contribution in [-0.4, -0.2) is 19.5 Å². The Morgan fingerprint density at radius 1 is 1.33 bits per heavy atom. The van der Waals surface area contributed by atoms with Crippen molar-refractivity contribution in [3.8, 4) is 0 Å². The van der Waals surface area contributed by atoms with Crippen molar-refractivity contribution in [3.63, 3.8) is 0 Å². The Morgan fingerprint density at radius 3 is 2.67 bits per heavy atom. The lowest BCUT2D eigenvalue weighted by atomic mass is 10.1. The Morgan fingerprint density at radius 2 is 2.07 bits per heavy atom. The molecule has 0 radical (unpaired) electrons. The molecule has 0 spiro atoms. The van der Waals surface area contributed by atoms with Crippen LogP contribution in [0.1, 0.15) is 38.2 Å². The van der Waals surface area contributed by atoms with Gasteiger partial charge in [0.2, 0.25) is 0 Å². The van der Waals surface area contributed by atoms with Crippen LogP contribution in [0.5, 0.6) is 0 Å². The number of aryl methyl sites for hydroxylation is 2. The maximum Gasteiger partial charge on any atom is 0.163 e. The third kappa shape index (κ3) is 1.60. The Kier molecular flexibility index (Phi) is 2.42. The third-order valence-electron chi connectivity index (χ3n) is 2.49. The van der Waals surface area contributed by atoms with E-state index < -0.39 is 0 Å². The molecule has 2 aromatic heterocycles. The Labute approximate surface area is 89.4 Å². The van der Waals surface area contributed by atoms with Gasteiger partial charge in [-0.2, -0.15) is 0 Å². The van der Waals surface area contributed by atoms with Gasteiger partial charge in [-0.25, -0.2) is 15.0 Å². The fourth-order valence-electron chi connectivity index (χ4n) is 1.71. The van der Waals surface area contributed by atoms with Crippen LogP contribution in [0.4, 0.5) is 0 Å². The average molecular weight is 204 g/mol. The van der Waals surface area contributed by atoms with E-state index in [4.69, 9.17) is 0 Å². The predicted octanol–water partition coefficient (Wildman–Crippen LogP) is 2.28. The first-order valence-electron chi connectivity index (χ1n) is 5.32. The highest BCUT2D eigenvalue weighted by Gasteiger charge is 2.13. The van der Waals surface area contributed by atoms with Gasteiger partial charge in [0.05, 0.1) is 12.0 Å². The van der Waals surface area contributed by atoms with Crippen LogP contribution >= 0.6 is 0 Å². The lowest BCUT2D eigenvalue weighted by molar-refractivity contribution is 0.770. The molecule has 0 fully saturated rings. The maximum absolute atomic E-state index is 4.46. The smallest absolute Gasteiger partial charge is 0.163 e. The second-order valence-corrected chi connectivity index (χ2v) is 4.01. The number of aromatic nitrogens is 4. The summed E-state index contributed by atoms with van der Waals surface area (Å²) in [5.41, 5.74) is 2.94. The molecule has 4 nitrogen and oxygen atoms in total. The van der Waals surface area contributed by atoms with Gasteiger partial charge in [0.1, 0.15) is 11.3 Å². The van der Waals surface area contributed by atoms with Crippen LogP contribution in [-0.2, 0) is 6.54 Å². The fraction of sp³-hybridized carbons (Fsp3) is 0.545. The molecule has 4 heteroatoms. The topological polar surface area (TPSA) is 43.6 Å². The van der Waals surface area contributed by atoms with E-state index in [0.29, 0.717) is 5.92 Å². The van der Waals surface area contributed by atoms with Crippen LogP contribution in [0.2, 0.25) is 0 Å². The van der Waals surface area contributed by atoms with Crippen molar-refractivity contribution >= 4 is 11.2 Å². The molecule has 0 atom stereocenters. The molecule has 0 aromatic carbocycles. The first-order chi connectivity index (χ1) is 7.13. The monoisotopic (exact) mass is 204 g/mol. The first-order valence-corrected chi connectivity index (χ1v) is 5.32. The number of rotatable bonds is 2. The van der Waals surface area contributed by atoms with E-state index in [2.05, 4.69) is 40.3 Å². The van der Waals surface area contributed by atoms with Crippen molar-refractivity contribution in [1.29, 1.82) is 0 Å². The van der Waals surface area contributed by atoms with Crippen LogP contribution in [0.15, 0.2) is 6.33 Å². The van der Waals surface area contributed by atoms with Crippen molar-refractivity contribution in [3.05, 3.63) is 17.8 Å². The van der Waals surface area contributed by atoms with Crippen molar-refractivity contribution in [2.75, 3.05) is 0 Å². The van der Waals surface area contributed by atoms with Gasteiger partial charge in [-0.3, -0.25) is 0 Å². The molecule has 0 aliphatic rings. The van der Waals surface area contributed by atoms with Gasteiger partial charge in [0.15, 0.2) is 5.65 Å². The number of nitrogens with zero attached hydrogens (tertiary/aromatic N) is 4. The highest BCUT2D eigenvalue weighted by Crippen LogP contribution is 2.21. The SMILES string of the molecule is CCn1cnc2c(C(C)C)nc(C)nc21. The molecule has 0 aliphatic carbocycles.